The molecular formula is C10H12F3N3O2. The van der Waals surface area contributed by atoms with Gasteiger partial charge in [0.2, 0.25) is 11.8 Å². The van der Waals surface area contributed by atoms with Gasteiger partial charge in [-0.1, -0.05) is 0 Å². The van der Waals surface area contributed by atoms with Crippen molar-refractivity contribution in [1.29, 1.82) is 0 Å². The molecule has 18 heavy (non-hydrogen) atoms. The number of ether oxygens (including phenoxy) is 2. The van der Waals surface area contributed by atoms with E-state index in [4.69, 9.17) is 9.47 Å². The molecule has 0 amide bonds. The number of methoxy groups -OCH3 is 1. The number of hydrogen-bond acceptors (Lipinski definition) is 5. The molecule has 0 aromatic carbocycles. The lowest BCUT2D eigenvalue weighted by molar-refractivity contribution is -0.141. The predicted molar refractivity (Wildman–Crippen MR) is 56.6 cm³/mol. The molecule has 0 saturated carbocycles. The Hall–Kier alpha value is -1.57. The second kappa shape index (κ2) is 4.97. The average Bonchev–Trinajstić information content (AvgIpc) is 2.38. The van der Waals surface area contributed by atoms with Crippen LogP contribution in [-0.2, 0) is 10.9 Å². The molecule has 0 radical (unpaired) electrons. The Labute approximate surface area is 102 Å². The molecule has 100 valence electrons. The molecule has 1 aliphatic rings. The Bertz CT molecular complexity index is 419. The highest BCUT2D eigenvalue weighted by Crippen LogP contribution is 2.30. The summed E-state index contributed by atoms with van der Waals surface area (Å²) in [5, 5.41) is 0. The highest BCUT2D eigenvalue weighted by atomic mass is 19.4. The summed E-state index contributed by atoms with van der Waals surface area (Å²) in [4.78, 5) is 9.10. The molecule has 5 nitrogen and oxygen atoms in total. The van der Waals surface area contributed by atoms with Crippen LogP contribution in [0.15, 0.2) is 6.07 Å². The summed E-state index contributed by atoms with van der Waals surface area (Å²) in [5.41, 5.74) is -1.00. The van der Waals surface area contributed by atoms with E-state index in [-0.39, 0.29) is 11.8 Å². The fourth-order valence-electron chi connectivity index (χ4n) is 1.57. The zero-order chi connectivity index (χ0) is 13.2. The Balaban J connectivity index is 2.34. The van der Waals surface area contributed by atoms with E-state index in [0.29, 0.717) is 26.3 Å². The second-order valence-electron chi connectivity index (χ2n) is 3.69. The number of halogens is 3. The van der Waals surface area contributed by atoms with Gasteiger partial charge in [0.15, 0.2) is 5.69 Å². The largest absolute Gasteiger partial charge is 0.481 e. The summed E-state index contributed by atoms with van der Waals surface area (Å²) >= 11 is 0. The van der Waals surface area contributed by atoms with E-state index in [1.165, 1.54) is 7.11 Å². The van der Waals surface area contributed by atoms with Gasteiger partial charge in [0.05, 0.1) is 20.3 Å². The molecule has 1 aliphatic heterocycles. The van der Waals surface area contributed by atoms with Crippen LogP contribution in [0.2, 0.25) is 0 Å². The van der Waals surface area contributed by atoms with Crippen LogP contribution in [0.3, 0.4) is 0 Å². The zero-order valence-corrected chi connectivity index (χ0v) is 9.70. The molecule has 1 aromatic heterocycles. The summed E-state index contributed by atoms with van der Waals surface area (Å²) < 4.78 is 47.9. The third-order valence-electron chi connectivity index (χ3n) is 2.48. The molecule has 8 heteroatoms. The first kappa shape index (κ1) is 12.9. The number of hydrogen-bond donors (Lipinski definition) is 0. The van der Waals surface area contributed by atoms with E-state index in [1.807, 2.05) is 0 Å². The van der Waals surface area contributed by atoms with Gasteiger partial charge in [0.1, 0.15) is 0 Å². The van der Waals surface area contributed by atoms with Gasteiger partial charge in [-0.2, -0.15) is 18.2 Å². The van der Waals surface area contributed by atoms with Crippen LogP contribution in [0.1, 0.15) is 5.69 Å². The maximum Gasteiger partial charge on any atom is 0.433 e. The number of anilines is 1. The molecule has 2 heterocycles. The van der Waals surface area contributed by atoms with Crippen LogP contribution in [0, 0.1) is 0 Å². The van der Waals surface area contributed by atoms with E-state index < -0.39 is 11.9 Å². The predicted octanol–water partition coefficient (Wildman–Crippen LogP) is 1.34. The van der Waals surface area contributed by atoms with E-state index in [9.17, 15) is 13.2 Å². The van der Waals surface area contributed by atoms with Gasteiger partial charge in [-0.05, 0) is 0 Å². The smallest absolute Gasteiger partial charge is 0.433 e. The van der Waals surface area contributed by atoms with Crippen molar-refractivity contribution >= 4 is 5.95 Å². The summed E-state index contributed by atoms with van der Waals surface area (Å²) in [7, 11) is 1.27. The van der Waals surface area contributed by atoms with Crippen LogP contribution in [0.4, 0.5) is 19.1 Å². The standard InChI is InChI=1S/C10H12F3N3O2/c1-17-8-6-7(10(11,12)13)14-9(15-8)16-2-4-18-5-3-16/h6H,2-5H2,1H3. The second-order valence-corrected chi connectivity index (χ2v) is 3.69. The minimum absolute atomic E-state index is 0.0185. The van der Waals surface area contributed by atoms with Gasteiger partial charge in [0.25, 0.3) is 0 Å². The van der Waals surface area contributed by atoms with Crippen molar-refractivity contribution in [3.05, 3.63) is 11.8 Å². The normalized spacial score (nSPS) is 16.8. The van der Waals surface area contributed by atoms with Gasteiger partial charge < -0.3 is 14.4 Å². The molecule has 0 spiro atoms. The quantitative estimate of drug-likeness (QED) is 0.805. The summed E-state index contributed by atoms with van der Waals surface area (Å²) in [6.07, 6.45) is -4.52. The molecule has 1 aromatic rings. The van der Waals surface area contributed by atoms with Crippen molar-refractivity contribution in [2.75, 3.05) is 38.3 Å². The van der Waals surface area contributed by atoms with Crippen LogP contribution >= 0.6 is 0 Å². The van der Waals surface area contributed by atoms with E-state index in [0.717, 1.165) is 6.07 Å². The molecule has 0 unspecified atom stereocenters. The number of aromatic nitrogens is 2. The summed E-state index contributed by atoms with van der Waals surface area (Å²) in [5.74, 6) is -0.0798. The van der Waals surface area contributed by atoms with Gasteiger partial charge in [-0.15, -0.1) is 0 Å². The van der Waals surface area contributed by atoms with Crippen molar-refractivity contribution in [2.24, 2.45) is 0 Å². The lowest BCUT2D eigenvalue weighted by Crippen LogP contribution is -2.37. The lowest BCUT2D eigenvalue weighted by atomic mass is 10.4. The molecule has 0 bridgehead atoms. The Morgan fingerprint density at radius 1 is 1.28 bits per heavy atom. The average molecular weight is 263 g/mol. The van der Waals surface area contributed by atoms with Crippen LogP contribution in [-0.4, -0.2) is 43.4 Å². The number of rotatable bonds is 2. The zero-order valence-electron chi connectivity index (χ0n) is 9.70. The molecule has 0 aliphatic carbocycles. The van der Waals surface area contributed by atoms with Crippen molar-refractivity contribution in [3.63, 3.8) is 0 Å². The van der Waals surface area contributed by atoms with Crippen LogP contribution < -0.4 is 9.64 Å². The van der Waals surface area contributed by atoms with E-state index in [1.54, 1.807) is 4.90 Å². The van der Waals surface area contributed by atoms with Crippen molar-refractivity contribution in [3.8, 4) is 5.88 Å². The van der Waals surface area contributed by atoms with Crippen LogP contribution in [0.5, 0.6) is 5.88 Å². The molecule has 1 saturated heterocycles. The van der Waals surface area contributed by atoms with Gasteiger partial charge in [-0.25, -0.2) is 4.98 Å². The molecule has 0 N–H and O–H groups in total. The van der Waals surface area contributed by atoms with E-state index in [2.05, 4.69) is 9.97 Å². The first-order valence-electron chi connectivity index (χ1n) is 5.33. The SMILES string of the molecule is COc1cc(C(F)(F)F)nc(N2CCOCC2)n1. The van der Waals surface area contributed by atoms with Crippen LogP contribution in [0.25, 0.3) is 0 Å². The topological polar surface area (TPSA) is 47.5 Å². The monoisotopic (exact) mass is 263 g/mol. The van der Waals surface area contributed by atoms with Gasteiger partial charge >= 0.3 is 6.18 Å². The third-order valence-corrected chi connectivity index (χ3v) is 2.48. The molecular weight excluding hydrogens is 251 g/mol. The minimum Gasteiger partial charge on any atom is -0.481 e. The Kier molecular flexibility index (Phi) is 3.55. The molecule has 2 rings (SSSR count). The highest BCUT2D eigenvalue weighted by molar-refractivity contribution is 5.35. The number of morpholine rings is 1. The maximum absolute atomic E-state index is 12.7. The summed E-state index contributed by atoms with van der Waals surface area (Å²) in [6.45, 7) is 1.82. The minimum atomic E-state index is -4.52. The maximum atomic E-state index is 12.7. The van der Waals surface area contributed by atoms with Crippen molar-refractivity contribution in [2.45, 2.75) is 6.18 Å². The molecule has 0 atom stereocenters. The number of nitrogens with zero attached hydrogens (tertiary/aromatic N) is 3. The Morgan fingerprint density at radius 3 is 2.50 bits per heavy atom. The summed E-state index contributed by atoms with van der Waals surface area (Å²) in [6, 6.07) is 0.782. The van der Waals surface area contributed by atoms with Crippen molar-refractivity contribution < 1.29 is 22.6 Å². The Morgan fingerprint density at radius 2 is 1.94 bits per heavy atom. The fraction of sp³-hybridized carbons (Fsp3) is 0.600. The number of alkyl halides is 3. The van der Waals surface area contributed by atoms with E-state index >= 15 is 0 Å². The van der Waals surface area contributed by atoms with Gasteiger partial charge in [0, 0.05) is 19.2 Å². The lowest BCUT2D eigenvalue weighted by Gasteiger charge is -2.27. The first-order chi connectivity index (χ1) is 8.50. The molecule has 1 fully saturated rings. The fourth-order valence-corrected chi connectivity index (χ4v) is 1.57. The van der Waals surface area contributed by atoms with Gasteiger partial charge in [-0.3, -0.25) is 0 Å². The van der Waals surface area contributed by atoms with Crippen molar-refractivity contribution in [1.82, 2.24) is 9.97 Å². The first-order valence-corrected chi connectivity index (χ1v) is 5.33. The highest BCUT2D eigenvalue weighted by Gasteiger charge is 2.34. The third kappa shape index (κ3) is 2.81.